The van der Waals surface area contributed by atoms with Crippen molar-refractivity contribution in [3.05, 3.63) is 67.6 Å². The first-order chi connectivity index (χ1) is 15.5. The molecular weight excluding hydrogens is 536 g/mol. The molecule has 0 atom stereocenters. The van der Waals surface area contributed by atoms with Gasteiger partial charge in [0.2, 0.25) is 0 Å². The minimum atomic E-state index is -0.00310. The van der Waals surface area contributed by atoms with Gasteiger partial charge in [0, 0.05) is 20.1 Å². The number of ether oxygens (including phenoxy) is 2. The normalized spacial score (nSPS) is 9.31. The molecule has 0 aliphatic carbocycles. The van der Waals surface area contributed by atoms with Gasteiger partial charge in [-0.2, -0.15) is 21.0 Å². The van der Waals surface area contributed by atoms with E-state index in [1.165, 1.54) is 12.2 Å². The summed E-state index contributed by atoms with van der Waals surface area (Å²) in [7, 11) is 0. The molecule has 8 heteroatoms. The third-order valence-electron chi connectivity index (χ3n) is 4.08. The van der Waals surface area contributed by atoms with Crippen molar-refractivity contribution in [2.75, 3.05) is 13.2 Å². The molecule has 0 aliphatic heterocycles. The van der Waals surface area contributed by atoms with E-state index in [4.69, 9.17) is 30.5 Å². The molecule has 0 radical (unpaired) electrons. The standard InChI is InChI=1S/C24H16Br2N4O2/c25-21-3-5-23(19(11-21)9-17(13-27)14-28)31-7-1-2-8-32-24-6-4-22(26)12-20(24)10-18(15-29)16-30/h3-6,9-12H,1-2,7-8H2. The Labute approximate surface area is 203 Å². The Morgan fingerprint density at radius 2 is 1.06 bits per heavy atom. The van der Waals surface area contributed by atoms with Crippen LogP contribution in [0.2, 0.25) is 0 Å². The van der Waals surface area contributed by atoms with E-state index >= 15 is 0 Å². The van der Waals surface area contributed by atoms with Gasteiger partial charge in [-0.25, -0.2) is 0 Å². The summed E-state index contributed by atoms with van der Waals surface area (Å²) in [6.45, 7) is 0.862. The zero-order valence-electron chi connectivity index (χ0n) is 16.8. The van der Waals surface area contributed by atoms with E-state index in [0.29, 0.717) is 48.7 Å². The van der Waals surface area contributed by atoms with Gasteiger partial charge in [-0.1, -0.05) is 31.9 Å². The van der Waals surface area contributed by atoms with Crippen molar-refractivity contribution in [2.24, 2.45) is 0 Å². The summed E-state index contributed by atoms with van der Waals surface area (Å²) < 4.78 is 13.3. The Kier molecular flexibility index (Phi) is 10.0. The average Bonchev–Trinajstić information content (AvgIpc) is 2.80. The minimum absolute atomic E-state index is 0.00310. The highest BCUT2D eigenvalue weighted by molar-refractivity contribution is 9.10. The first kappa shape index (κ1) is 24.7. The monoisotopic (exact) mass is 550 g/mol. The highest BCUT2D eigenvalue weighted by atomic mass is 79.9. The maximum absolute atomic E-state index is 8.98. The molecular formula is C24H16Br2N4O2. The van der Waals surface area contributed by atoms with Crippen LogP contribution in [0.25, 0.3) is 12.2 Å². The first-order valence-electron chi connectivity index (χ1n) is 9.39. The molecule has 6 nitrogen and oxygen atoms in total. The average molecular weight is 552 g/mol. The van der Waals surface area contributed by atoms with Gasteiger partial charge in [0.15, 0.2) is 0 Å². The summed E-state index contributed by atoms with van der Waals surface area (Å²) >= 11 is 6.76. The summed E-state index contributed by atoms with van der Waals surface area (Å²) in [4.78, 5) is 0. The summed E-state index contributed by atoms with van der Waals surface area (Å²) in [5.74, 6) is 1.16. The second-order valence-electron chi connectivity index (χ2n) is 6.33. The Balaban J connectivity index is 1.93. The van der Waals surface area contributed by atoms with Crippen molar-refractivity contribution in [1.29, 1.82) is 21.0 Å². The van der Waals surface area contributed by atoms with Crippen molar-refractivity contribution < 1.29 is 9.47 Å². The van der Waals surface area contributed by atoms with Crippen LogP contribution in [0.3, 0.4) is 0 Å². The lowest BCUT2D eigenvalue weighted by atomic mass is 10.1. The maximum Gasteiger partial charge on any atom is 0.130 e. The molecule has 158 valence electrons. The number of allylic oxidation sites excluding steroid dienone is 2. The summed E-state index contributed by atoms with van der Waals surface area (Å²) in [5.41, 5.74) is 1.28. The Morgan fingerprint density at radius 1 is 0.688 bits per heavy atom. The highest BCUT2D eigenvalue weighted by Gasteiger charge is 2.07. The number of unbranched alkanes of at least 4 members (excludes halogenated alkanes) is 1. The third kappa shape index (κ3) is 7.60. The Bertz CT molecular complexity index is 1080. The lowest BCUT2D eigenvalue weighted by Crippen LogP contribution is -2.04. The molecule has 0 N–H and O–H groups in total. The van der Waals surface area contributed by atoms with Crippen LogP contribution in [-0.4, -0.2) is 13.2 Å². The predicted molar refractivity (Wildman–Crippen MR) is 127 cm³/mol. The van der Waals surface area contributed by atoms with Crippen LogP contribution < -0.4 is 9.47 Å². The van der Waals surface area contributed by atoms with E-state index in [-0.39, 0.29) is 11.1 Å². The van der Waals surface area contributed by atoms with Gasteiger partial charge in [0.1, 0.15) is 46.9 Å². The van der Waals surface area contributed by atoms with Crippen LogP contribution in [-0.2, 0) is 0 Å². The zero-order valence-corrected chi connectivity index (χ0v) is 20.0. The zero-order chi connectivity index (χ0) is 23.3. The van der Waals surface area contributed by atoms with Gasteiger partial charge < -0.3 is 9.47 Å². The van der Waals surface area contributed by atoms with Crippen LogP contribution in [0.1, 0.15) is 24.0 Å². The number of nitriles is 4. The van der Waals surface area contributed by atoms with Crippen LogP contribution in [0.4, 0.5) is 0 Å². The lowest BCUT2D eigenvalue weighted by molar-refractivity contribution is 0.266. The molecule has 0 unspecified atom stereocenters. The quantitative estimate of drug-likeness (QED) is 0.266. The van der Waals surface area contributed by atoms with Crippen LogP contribution in [0.5, 0.6) is 11.5 Å². The van der Waals surface area contributed by atoms with Crippen molar-refractivity contribution in [2.45, 2.75) is 12.8 Å². The molecule has 2 aromatic carbocycles. The smallest absolute Gasteiger partial charge is 0.130 e. The van der Waals surface area contributed by atoms with Gasteiger partial charge >= 0.3 is 0 Å². The lowest BCUT2D eigenvalue weighted by Gasteiger charge is -2.12. The van der Waals surface area contributed by atoms with Crippen molar-refractivity contribution in [1.82, 2.24) is 0 Å². The number of hydrogen-bond acceptors (Lipinski definition) is 6. The van der Waals surface area contributed by atoms with E-state index in [1.54, 1.807) is 24.3 Å². The second kappa shape index (κ2) is 13.0. The fourth-order valence-electron chi connectivity index (χ4n) is 2.59. The van der Waals surface area contributed by atoms with E-state index in [0.717, 1.165) is 8.95 Å². The Hall–Kier alpha value is -3.56. The summed E-state index contributed by atoms with van der Waals surface area (Å²) in [6.07, 6.45) is 4.41. The van der Waals surface area contributed by atoms with E-state index < -0.39 is 0 Å². The topological polar surface area (TPSA) is 114 Å². The van der Waals surface area contributed by atoms with E-state index in [2.05, 4.69) is 31.9 Å². The fourth-order valence-corrected chi connectivity index (χ4v) is 3.34. The molecule has 0 fully saturated rings. The van der Waals surface area contributed by atoms with Crippen LogP contribution in [0, 0.1) is 45.3 Å². The van der Waals surface area contributed by atoms with Gasteiger partial charge in [-0.15, -0.1) is 0 Å². The van der Waals surface area contributed by atoms with Gasteiger partial charge in [0.05, 0.1) is 13.2 Å². The van der Waals surface area contributed by atoms with Crippen LogP contribution >= 0.6 is 31.9 Å². The second-order valence-corrected chi connectivity index (χ2v) is 8.16. The number of nitrogens with zero attached hydrogens (tertiary/aromatic N) is 4. The molecule has 0 bridgehead atoms. The Morgan fingerprint density at radius 3 is 1.41 bits per heavy atom. The third-order valence-corrected chi connectivity index (χ3v) is 5.07. The molecule has 0 spiro atoms. The van der Waals surface area contributed by atoms with E-state index in [9.17, 15) is 0 Å². The van der Waals surface area contributed by atoms with Crippen molar-refractivity contribution >= 4 is 44.0 Å². The highest BCUT2D eigenvalue weighted by Crippen LogP contribution is 2.27. The van der Waals surface area contributed by atoms with Gasteiger partial charge in [-0.3, -0.25) is 0 Å². The van der Waals surface area contributed by atoms with Crippen LogP contribution in [0.15, 0.2) is 56.5 Å². The number of hydrogen-bond donors (Lipinski definition) is 0. The fraction of sp³-hybridized carbons (Fsp3) is 0.167. The molecule has 0 aliphatic rings. The van der Waals surface area contributed by atoms with Crippen molar-refractivity contribution in [3.8, 4) is 35.8 Å². The summed E-state index contributed by atoms with van der Waals surface area (Å²) in [6, 6.07) is 18.2. The summed E-state index contributed by atoms with van der Waals surface area (Å²) in [5, 5.41) is 35.9. The maximum atomic E-state index is 8.98. The number of rotatable bonds is 9. The van der Waals surface area contributed by atoms with Gasteiger partial charge in [-0.05, 0) is 61.4 Å². The number of benzene rings is 2. The predicted octanol–water partition coefficient (Wildman–Crippen LogP) is 6.31. The molecule has 0 saturated carbocycles. The molecule has 2 aromatic rings. The molecule has 32 heavy (non-hydrogen) atoms. The molecule has 0 aromatic heterocycles. The molecule has 0 saturated heterocycles. The molecule has 2 rings (SSSR count). The van der Waals surface area contributed by atoms with Gasteiger partial charge in [0.25, 0.3) is 0 Å². The first-order valence-corrected chi connectivity index (χ1v) is 11.0. The molecule has 0 heterocycles. The molecule has 0 amide bonds. The van der Waals surface area contributed by atoms with E-state index in [1.807, 2.05) is 36.4 Å². The largest absolute Gasteiger partial charge is 0.493 e. The number of halogens is 2. The minimum Gasteiger partial charge on any atom is -0.493 e. The SMILES string of the molecule is N#CC(C#N)=Cc1cc(Br)ccc1OCCCCOc1ccc(Br)cc1C=C(C#N)C#N. The van der Waals surface area contributed by atoms with Crippen molar-refractivity contribution in [3.63, 3.8) is 0 Å².